The van der Waals surface area contributed by atoms with E-state index in [0.29, 0.717) is 19.3 Å². The number of alkyl halides is 1. The maximum Gasteiger partial charge on any atom is 0.220 e. The van der Waals surface area contributed by atoms with Crippen molar-refractivity contribution in [2.45, 2.75) is 70.5 Å². The summed E-state index contributed by atoms with van der Waals surface area (Å²) in [6.45, 7) is 7.77. The van der Waals surface area contributed by atoms with Crippen LogP contribution in [0.1, 0.15) is 53.4 Å². The summed E-state index contributed by atoms with van der Waals surface area (Å²) in [6.07, 6.45) is 2.81. The van der Waals surface area contributed by atoms with Crippen LogP contribution in [0, 0.1) is 0 Å². The maximum atomic E-state index is 12.2. The van der Waals surface area contributed by atoms with Gasteiger partial charge in [0.25, 0.3) is 0 Å². The van der Waals surface area contributed by atoms with Crippen LogP contribution in [0.15, 0.2) is 0 Å². The van der Waals surface area contributed by atoms with Gasteiger partial charge in [0.15, 0.2) is 0 Å². The van der Waals surface area contributed by atoms with E-state index in [1.807, 2.05) is 27.7 Å². The molecule has 5 heteroatoms. The standard InChI is InChI=1S/C13H24BrN2O2/c1-12(2)8-10(9-13(3,4)16(12)18)15-11(17)6-5-7-14/h10H,5-9H2,1-4H3,(H,15,17). The van der Waals surface area contributed by atoms with E-state index in [0.717, 1.165) is 11.8 Å². The topological polar surface area (TPSA) is 52.2 Å². The largest absolute Gasteiger partial charge is 0.353 e. The van der Waals surface area contributed by atoms with E-state index >= 15 is 0 Å². The van der Waals surface area contributed by atoms with Crippen molar-refractivity contribution >= 4 is 21.8 Å². The zero-order valence-electron chi connectivity index (χ0n) is 11.8. The molecule has 0 atom stereocenters. The number of rotatable bonds is 4. The third-order valence-corrected chi connectivity index (χ3v) is 4.05. The van der Waals surface area contributed by atoms with Gasteiger partial charge < -0.3 is 5.32 Å². The number of halogens is 1. The summed E-state index contributed by atoms with van der Waals surface area (Å²) in [5.74, 6) is 0.0883. The predicted octanol–water partition coefficient (Wildman–Crippen LogP) is 2.64. The SMILES string of the molecule is CC1(C)CC(NC(=O)CCCBr)CC(C)(C)N1[O]. The monoisotopic (exact) mass is 319 g/mol. The van der Waals surface area contributed by atoms with Gasteiger partial charge in [0.05, 0.1) is 0 Å². The molecule has 4 nitrogen and oxygen atoms in total. The molecule has 18 heavy (non-hydrogen) atoms. The van der Waals surface area contributed by atoms with Gasteiger partial charge in [-0.05, 0) is 47.0 Å². The number of nitrogens with zero attached hydrogens (tertiary/aromatic N) is 1. The predicted molar refractivity (Wildman–Crippen MR) is 74.9 cm³/mol. The van der Waals surface area contributed by atoms with Crippen molar-refractivity contribution in [2.75, 3.05) is 5.33 Å². The summed E-state index contributed by atoms with van der Waals surface area (Å²) in [5, 5.41) is 17.3. The smallest absolute Gasteiger partial charge is 0.220 e. The first-order valence-corrected chi connectivity index (χ1v) is 7.64. The van der Waals surface area contributed by atoms with Crippen LogP contribution in [0.4, 0.5) is 0 Å². The molecule has 0 aromatic heterocycles. The number of hydrogen-bond acceptors (Lipinski definition) is 2. The second-order valence-corrected chi connectivity index (χ2v) is 7.18. The van der Waals surface area contributed by atoms with Gasteiger partial charge in [-0.25, -0.2) is 0 Å². The van der Waals surface area contributed by atoms with Crippen molar-refractivity contribution in [3.63, 3.8) is 0 Å². The van der Waals surface area contributed by atoms with E-state index in [1.165, 1.54) is 5.06 Å². The third kappa shape index (κ3) is 3.93. The minimum absolute atomic E-state index is 0.0883. The fraction of sp³-hybridized carbons (Fsp3) is 0.923. The van der Waals surface area contributed by atoms with Crippen LogP contribution in [-0.2, 0) is 10.0 Å². The quantitative estimate of drug-likeness (QED) is 0.810. The summed E-state index contributed by atoms with van der Waals surface area (Å²) in [5.41, 5.74) is -0.843. The van der Waals surface area contributed by atoms with Crippen molar-refractivity contribution in [3.05, 3.63) is 0 Å². The van der Waals surface area contributed by atoms with Crippen molar-refractivity contribution < 1.29 is 10.0 Å². The Labute approximate surface area is 118 Å². The zero-order valence-corrected chi connectivity index (χ0v) is 13.3. The highest BCUT2D eigenvalue weighted by atomic mass is 79.9. The molecule has 0 bridgehead atoms. The van der Waals surface area contributed by atoms with E-state index in [2.05, 4.69) is 21.2 Å². The number of hydroxylamine groups is 2. The first-order chi connectivity index (χ1) is 8.19. The summed E-state index contributed by atoms with van der Waals surface area (Å²) >= 11 is 3.32. The summed E-state index contributed by atoms with van der Waals surface area (Å²) in [7, 11) is 0. The van der Waals surface area contributed by atoms with E-state index in [4.69, 9.17) is 0 Å². The molecule has 0 spiro atoms. The molecule has 1 radical (unpaired) electrons. The van der Waals surface area contributed by atoms with Crippen LogP contribution in [0.2, 0.25) is 0 Å². The molecule has 0 aromatic rings. The molecule has 1 aliphatic heterocycles. The maximum absolute atomic E-state index is 12.2. The second kappa shape index (κ2) is 5.88. The Morgan fingerprint density at radius 2 is 1.78 bits per heavy atom. The summed E-state index contributed by atoms with van der Waals surface area (Å²) in [6, 6.07) is 0.100. The molecular weight excluding hydrogens is 296 g/mol. The Kier molecular flexibility index (Phi) is 5.21. The fourth-order valence-electron chi connectivity index (χ4n) is 2.89. The Morgan fingerprint density at radius 3 is 2.22 bits per heavy atom. The van der Waals surface area contributed by atoms with Gasteiger partial charge in [0.1, 0.15) is 0 Å². The van der Waals surface area contributed by atoms with Gasteiger partial charge in [-0.2, -0.15) is 0 Å². The van der Waals surface area contributed by atoms with Gasteiger partial charge in [-0.1, -0.05) is 15.9 Å². The molecule has 1 amide bonds. The molecule has 1 saturated heterocycles. The Balaban J connectivity index is 2.61. The second-order valence-electron chi connectivity index (χ2n) is 6.38. The van der Waals surface area contributed by atoms with Crippen molar-refractivity contribution in [1.29, 1.82) is 0 Å². The van der Waals surface area contributed by atoms with E-state index in [1.54, 1.807) is 0 Å². The number of amides is 1. The fourth-order valence-corrected chi connectivity index (χ4v) is 3.17. The van der Waals surface area contributed by atoms with E-state index in [-0.39, 0.29) is 11.9 Å². The Morgan fingerprint density at radius 1 is 1.28 bits per heavy atom. The van der Waals surface area contributed by atoms with Crippen molar-refractivity contribution in [1.82, 2.24) is 10.4 Å². The van der Waals surface area contributed by atoms with Crippen LogP contribution in [0.5, 0.6) is 0 Å². The average molecular weight is 320 g/mol. The Hall–Kier alpha value is -0.130. The molecule has 1 heterocycles. The normalized spacial score (nSPS) is 23.9. The van der Waals surface area contributed by atoms with Crippen molar-refractivity contribution in [3.8, 4) is 0 Å². The number of carbonyl (C=O) groups is 1. The lowest BCUT2D eigenvalue weighted by Crippen LogP contribution is -2.62. The molecule has 0 aliphatic carbocycles. The lowest BCUT2D eigenvalue weighted by Gasteiger charge is -2.50. The molecule has 1 N–H and O–H groups in total. The molecule has 105 valence electrons. The highest BCUT2D eigenvalue weighted by Gasteiger charge is 2.46. The number of nitrogens with one attached hydrogen (secondary N) is 1. The van der Waals surface area contributed by atoms with Crippen LogP contribution in [0.3, 0.4) is 0 Å². The van der Waals surface area contributed by atoms with Gasteiger partial charge in [0.2, 0.25) is 5.91 Å². The first-order valence-electron chi connectivity index (χ1n) is 6.52. The first kappa shape index (κ1) is 15.9. The number of piperidine rings is 1. The molecule has 0 unspecified atom stereocenters. The lowest BCUT2D eigenvalue weighted by atomic mass is 9.79. The molecule has 0 aromatic carbocycles. The van der Waals surface area contributed by atoms with E-state index < -0.39 is 11.1 Å². The van der Waals surface area contributed by atoms with Gasteiger partial charge in [-0.3, -0.25) is 4.79 Å². The summed E-state index contributed by atoms with van der Waals surface area (Å²) < 4.78 is 0. The van der Waals surface area contributed by atoms with E-state index in [9.17, 15) is 10.0 Å². The van der Waals surface area contributed by atoms with Crippen LogP contribution < -0.4 is 5.32 Å². The third-order valence-electron chi connectivity index (χ3n) is 3.49. The Bertz CT molecular complexity index is 287. The summed E-state index contributed by atoms with van der Waals surface area (Å²) in [4.78, 5) is 11.8. The lowest BCUT2D eigenvalue weighted by molar-refractivity contribution is -0.290. The van der Waals surface area contributed by atoms with Gasteiger partial charge in [-0.15, -0.1) is 10.3 Å². The molecule has 0 saturated carbocycles. The van der Waals surface area contributed by atoms with Crippen LogP contribution >= 0.6 is 15.9 Å². The minimum Gasteiger partial charge on any atom is -0.353 e. The molecule has 1 fully saturated rings. The zero-order chi connectivity index (χ0) is 14.0. The minimum atomic E-state index is -0.422. The average Bonchev–Trinajstić information content (AvgIpc) is 2.22. The van der Waals surface area contributed by atoms with Gasteiger partial charge in [0, 0.05) is 28.9 Å². The highest BCUT2D eigenvalue weighted by Crippen LogP contribution is 2.36. The van der Waals surface area contributed by atoms with Crippen LogP contribution in [-0.4, -0.2) is 33.4 Å². The van der Waals surface area contributed by atoms with Crippen molar-refractivity contribution in [2.24, 2.45) is 0 Å². The van der Waals surface area contributed by atoms with Gasteiger partial charge >= 0.3 is 0 Å². The highest BCUT2D eigenvalue weighted by molar-refractivity contribution is 9.09. The molecule has 1 rings (SSSR count). The molecular formula is C13H24BrN2O2. The number of hydrogen-bond donors (Lipinski definition) is 1. The number of carbonyl (C=O) groups excluding carboxylic acids is 1. The van der Waals surface area contributed by atoms with Crippen LogP contribution in [0.25, 0.3) is 0 Å². The molecule has 1 aliphatic rings.